The zero-order valence-electron chi connectivity index (χ0n) is 13.0. The fourth-order valence-electron chi connectivity index (χ4n) is 3.23. The lowest BCUT2D eigenvalue weighted by Crippen LogP contribution is -2.36. The molecule has 0 N–H and O–H groups in total. The summed E-state index contributed by atoms with van der Waals surface area (Å²) in [7, 11) is 0. The minimum atomic E-state index is 0.0777. The van der Waals surface area contributed by atoms with Crippen molar-refractivity contribution in [2.45, 2.75) is 52.9 Å². The van der Waals surface area contributed by atoms with Crippen molar-refractivity contribution in [1.82, 2.24) is 4.90 Å². The van der Waals surface area contributed by atoms with Crippen molar-refractivity contribution in [1.29, 1.82) is 0 Å². The molecule has 1 aromatic heterocycles. The number of nitrogens with zero attached hydrogens (tertiary/aromatic N) is 1. The van der Waals surface area contributed by atoms with Crippen LogP contribution in [0.5, 0.6) is 0 Å². The lowest BCUT2D eigenvalue weighted by molar-refractivity contribution is 0.0685. The van der Waals surface area contributed by atoms with Crippen LogP contribution in [0.3, 0.4) is 0 Å². The van der Waals surface area contributed by atoms with E-state index in [1.54, 1.807) is 6.26 Å². The molecule has 0 radical (unpaired) electrons. The lowest BCUT2D eigenvalue weighted by Gasteiger charge is -2.25. The molecule has 0 aromatic carbocycles. The number of hydrogen-bond donors (Lipinski definition) is 0. The first-order valence-corrected chi connectivity index (χ1v) is 7.99. The Labute approximate surface area is 122 Å². The number of likely N-dealkylation sites (tertiary alicyclic amines) is 1. The average molecular weight is 277 g/mol. The molecule has 20 heavy (non-hydrogen) atoms. The maximum Gasteiger partial charge on any atom is 0.289 e. The quantitative estimate of drug-likeness (QED) is 0.823. The molecule has 1 saturated heterocycles. The third kappa shape index (κ3) is 3.44. The summed E-state index contributed by atoms with van der Waals surface area (Å²) in [5.74, 6) is 1.89. The number of rotatable bonds is 4. The molecule has 1 amide bonds. The van der Waals surface area contributed by atoms with Crippen LogP contribution in [0.4, 0.5) is 0 Å². The Balaban J connectivity index is 2.13. The van der Waals surface area contributed by atoms with Crippen LogP contribution in [-0.4, -0.2) is 23.9 Å². The normalized spacial score (nSPS) is 23.6. The number of aryl methyl sites for hydroxylation is 1. The fourth-order valence-corrected chi connectivity index (χ4v) is 3.23. The van der Waals surface area contributed by atoms with Crippen LogP contribution < -0.4 is 0 Å². The molecule has 1 aromatic rings. The first kappa shape index (κ1) is 15.1. The molecule has 1 fully saturated rings. The van der Waals surface area contributed by atoms with E-state index < -0.39 is 0 Å². The maximum atomic E-state index is 12.7. The van der Waals surface area contributed by atoms with Crippen molar-refractivity contribution < 1.29 is 9.21 Å². The molecule has 1 aliphatic rings. The Morgan fingerprint density at radius 2 is 2.00 bits per heavy atom. The van der Waals surface area contributed by atoms with Crippen LogP contribution >= 0.6 is 0 Å². The predicted octanol–water partition coefficient (Wildman–Crippen LogP) is 4.27. The number of carbonyl (C=O) groups is 1. The van der Waals surface area contributed by atoms with Gasteiger partial charge in [-0.1, -0.05) is 26.7 Å². The number of furan rings is 1. The van der Waals surface area contributed by atoms with Gasteiger partial charge in [-0.2, -0.15) is 0 Å². The van der Waals surface area contributed by atoms with Gasteiger partial charge < -0.3 is 9.32 Å². The summed E-state index contributed by atoms with van der Waals surface area (Å²) >= 11 is 0. The molecule has 2 rings (SSSR count). The molecule has 2 atom stereocenters. The average Bonchev–Trinajstić information content (AvgIpc) is 2.75. The summed E-state index contributed by atoms with van der Waals surface area (Å²) in [5.41, 5.74) is 0.944. The van der Waals surface area contributed by atoms with Gasteiger partial charge in [0.1, 0.15) is 0 Å². The van der Waals surface area contributed by atoms with Crippen molar-refractivity contribution in [2.75, 3.05) is 13.1 Å². The summed E-state index contributed by atoms with van der Waals surface area (Å²) in [4.78, 5) is 14.7. The molecular weight excluding hydrogens is 250 g/mol. The highest BCUT2D eigenvalue weighted by molar-refractivity contribution is 5.92. The van der Waals surface area contributed by atoms with Crippen molar-refractivity contribution in [3.63, 3.8) is 0 Å². The van der Waals surface area contributed by atoms with Gasteiger partial charge in [0.05, 0.1) is 6.26 Å². The monoisotopic (exact) mass is 277 g/mol. The van der Waals surface area contributed by atoms with Gasteiger partial charge in [0, 0.05) is 18.7 Å². The second-order valence-corrected chi connectivity index (χ2v) is 6.15. The molecular formula is C17H27NO2. The Kier molecular flexibility index (Phi) is 5.27. The number of amides is 1. The highest BCUT2D eigenvalue weighted by Crippen LogP contribution is 2.27. The van der Waals surface area contributed by atoms with Crippen LogP contribution in [0.1, 0.15) is 62.1 Å². The molecule has 2 heterocycles. The lowest BCUT2D eigenvalue weighted by atomic mass is 9.94. The molecule has 2 unspecified atom stereocenters. The van der Waals surface area contributed by atoms with E-state index in [0.29, 0.717) is 17.6 Å². The van der Waals surface area contributed by atoms with E-state index in [9.17, 15) is 4.79 Å². The summed E-state index contributed by atoms with van der Waals surface area (Å²) in [6.07, 6.45) is 7.69. The van der Waals surface area contributed by atoms with Crippen molar-refractivity contribution in [2.24, 2.45) is 11.8 Å². The second-order valence-electron chi connectivity index (χ2n) is 6.15. The SMILES string of the molecule is CCCC1CCC(CC)CN(C(=O)c2occc2C)C1. The topological polar surface area (TPSA) is 33.5 Å². The summed E-state index contributed by atoms with van der Waals surface area (Å²) in [6.45, 7) is 8.17. The third-order valence-corrected chi connectivity index (χ3v) is 4.56. The van der Waals surface area contributed by atoms with Crippen LogP contribution in [0.15, 0.2) is 16.7 Å². The molecule has 112 valence electrons. The Morgan fingerprint density at radius 3 is 2.60 bits per heavy atom. The Morgan fingerprint density at radius 1 is 1.30 bits per heavy atom. The smallest absolute Gasteiger partial charge is 0.289 e. The fraction of sp³-hybridized carbons (Fsp3) is 0.706. The Bertz CT molecular complexity index is 438. The predicted molar refractivity (Wildman–Crippen MR) is 80.8 cm³/mol. The van der Waals surface area contributed by atoms with Gasteiger partial charge in [0.2, 0.25) is 0 Å². The van der Waals surface area contributed by atoms with E-state index in [0.717, 1.165) is 25.1 Å². The van der Waals surface area contributed by atoms with Gasteiger partial charge in [-0.3, -0.25) is 4.79 Å². The molecule has 0 aliphatic carbocycles. The van der Waals surface area contributed by atoms with Crippen LogP contribution in [0.25, 0.3) is 0 Å². The Hall–Kier alpha value is -1.25. The van der Waals surface area contributed by atoms with Gasteiger partial charge in [-0.05, 0) is 44.1 Å². The van der Waals surface area contributed by atoms with Crippen molar-refractivity contribution in [3.8, 4) is 0 Å². The summed E-state index contributed by atoms with van der Waals surface area (Å²) in [6, 6.07) is 1.87. The first-order chi connectivity index (χ1) is 9.65. The molecule has 1 aliphatic heterocycles. The minimum Gasteiger partial charge on any atom is -0.459 e. The molecule has 0 saturated carbocycles. The van der Waals surface area contributed by atoms with Gasteiger partial charge in [0.15, 0.2) is 5.76 Å². The number of hydrogen-bond acceptors (Lipinski definition) is 2. The van der Waals surface area contributed by atoms with E-state index >= 15 is 0 Å². The first-order valence-electron chi connectivity index (χ1n) is 7.99. The van der Waals surface area contributed by atoms with Gasteiger partial charge in [-0.15, -0.1) is 0 Å². The zero-order valence-corrected chi connectivity index (χ0v) is 13.0. The largest absolute Gasteiger partial charge is 0.459 e. The maximum absolute atomic E-state index is 12.7. The second kappa shape index (κ2) is 6.96. The zero-order chi connectivity index (χ0) is 14.5. The van der Waals surface area contributed by atoms with E-state index in [1.165, 1.54) is 25.7 Å². The highest BCUT2D eigenvalue weighted by atomic mass is 16.3. The van der Waals surface area contributed by atoms with Gasteiger partial charge in [0.25, 0.3) is 5.91 Å². The van der Waals surface area contributed by atoms with E-state index in [1.807, 2.05) is 17.9 Å². The molecule has 0 bridgehead atoms. The van der Waals surface area contributed by atoms with Crippen LogP contribution in [0.2, 0.25) is 0 Å². The van der Waals surface area contributed by atoms with E-state index in [-0.39, 0.29) is 5.91 Å². The molecule has 0 spiro atoms. The summed E-state index contributed by atoms with van der Waals surface area (Å²) < 4.78 is 5.39. The van der Waals surface area contributed by atoms with Crippen LogP contribution in [0, 0.1) is 18.8 Å². The van der Waals surface area contributed by atoms with Gasteiger partial charge in [-0.25, -0.2) is 0 Å². The number of carbonyl (C=O) groups excluding carboxylic acids is 1. The van der Waals surface area contributed by atoms with Crippen molar-refractivity contribution >= 4 is 5.91 Å². The minimum absolute atomic E-state index is 0.0777. The molecule has 3 nitrogen and oxygen atoms in total. The third-order valence-electron chi connectivity index (χ3n) is 4.56. The van der Waals surface area contributed by atoms with E-state index in [4.69, 9.17) is 4.42 Å². The highest BCUT2D eigenvalue weighted by Gasteiger charge is 2.28. The molecule has 3 heteroatoms. The van der Waals surface area contributed by atoms with Gasteiger partial charge >= 0.3 is 0 Å². The summed E-state index contributed by atoms with van der Waals surface area (Å²) in [5, 5.41) is 0. The standard InChI is InChI=1S/C17H27NO2/c1-4-6-15-8-7-14(5-2)11-18(12-15)17(19)16-13(3)9-10-20-16/h9-10,14-15H,4-8,11-12H2,1-3H3. The van der Waals surface area contributed by atoms with Crippen molar-refractivity contribution in [3.05, 3.63) is 23.7 Å². The van der Waals surface area contributed by atoms with E-state index in [2.05, 4.69) is 13.8 Å². The van der Waals surface area contributed by atoms with Crippen LogP contribution in [-0.2, 0) is 0 Å².